The average molecular weight is 263 g/mol. The second kappa shape index (κ2) is 5.87. The van der Waals surface area contributed by atoms with Crippen LogP contribution in [0.25, 0.3) is 6.08 Å². The third-order valence-corrected chi connectivity index (χ3v) is 3.32. The lowest BCUT2D eigenvalue weighted by Crippen LogP contribution is -2.26. The van der Waals surface area contributed by atoms with Crippen molar-refractivity contribution in [2.24, 2.45) is 5.92 Å². The molecule has 0 aliphatic heterocycles. The second-order valence-electron chi connectivity index (χ2n) is 4.83. The van der Waals surface area contributed by atoms with Gasteiger partial charge in [0.15, 0.2) is 0 Å². The minimum Gasteiger partial charge on any atom is -0.478 e. The standard InChI is InChI=1S/C15H18FNO2/c1-2-17(10-11-6-7-11)14-5-3-4-13(16)12(14)8-9-15(18)19/h3-5,8-9,11H,2,6-7,10H2,1H3,(H,18,19)/b9-8+. The maximum atomic E-state index is 13.9. The summed E-state index contributed by atoms with van der Waals surface area (Å²) >= 11 is 0. The molecular weight excluding hydrogens is 245 g/mol. The lowest BCUT2D eigenvalue weighted by molar-refractivity contribution is -0.131. The summed E-state index contributed by atoms with van der Waals surface area (Å²) in [6, 6.07) is 4.87. The number of aliphatic carboxylic acids is 1. The third kappa shape index (κ3) is 3.56. The average Bonchev–Trinajstić information content (AvgIpc) is 3.18. The molecule has 0 saturated heterocycles. The zero-order chi connectivity index (χ0) is 13.8. The molecule has 102 valence electrons. The van der Waals surface area contributed by atoms with Crippen molar-refractivity contribution in [3.05, 3.63) is 35.7 Å². The maximum absolute atomic E-state index is 13.9. The fourth-order valence-corrected chi connectivity index (χ4v) is 2.13. The summed E-state index contributed by atoms with van der Waals surface area (Å²) in [4.78, 5) is 12.7. The van der Waals surface area contributed by atoms with Crippen molar-refractivity contribution in [1.29, 1.82) is 0 Å². The van der Waals surface area contributed by atoms with Crippen LogP contribution in [0.4, 0.5) is 10.1 Å². The van der Waals surface area contributed by atoms with Crippen molar-refractivity contribution in [2.75, 3.05) is 18.0 Å². The molecule has 1 N–H and O–H groups in total. The van der Waals surface area contributed by atoms with E-state index >= 15 is 0 Å². The fraction of sp³-hybridized carbons (Fsp3) is 0.400. The van der Waals surface area contributed by atoms with Gasteiger partial charge in [-0.3, -0.25) is 0 Å². The molecule has 3 nitrogen and oxygen atoms in total. The molecule has 19 heavy (non-hydrogen) atoms. The second-order valence-corrected chi connectivity index (χ2v) is 4.83. The van der Waals surface area contributed by atoms with E-state index in [-0.39, 0.29) is 5.82 Å². The Morgan fingerprint density at radius 2 is 2.26 bits per heavy atom. The zero-order valence-corrected chi connectivity index (χ0v) is 11.0. The minimum absolute atomic E-state index is 0.354. The highest BCUT2D eigenvalue weighted by Gasteiger charge is 2.25. The molecule has 1 aromatic rings. The monoisotopic (exact) mass is 263 g/mol. The molecule has 0 spiro atoms. The van der Waals surface area contributed by atoms with Gasteiger partial charge in [-0.15, -0.1) is 0 Å². The lowest BCUT2D eigenvalue weighted by Gasteiger charge is -2.25. The number of benzene rings is 1. The largest absolute Gasteiger partial charge is 0.478 e. The Morgan fingerprint density at radius 1 is 1.53 bits per heavy atom. The number of rotatable bonds is 6. The Labute approximate surface area is 112 Å². The summed E-state index contributed by atoms with van der Waals surface area (Å²) in [5.41, 5.74) is 1.12. The molecule has 1 aromatic carbocycles. The number of carbonyl (C=O) groups is 1. The van der Waals surface area contributed by atoms with Crippen LogP contribution in [0.2, 0.25) is 0 Å². The van der Waals surface area contributed by atoms with Crippen LogP contribution >= 0.6 is 0 Å². The van der Waals surface area contributed by atoms with E-state index in [9.17, 15) is 9.18 Å². The van der Waals surface area contributed by atoms with E-state index < -0.39 is 5.97 Å². The molecule has 0 atom stereocenters. The molecule has 0 heterocycles. The minimum atomic E-state index is -1.07. The van der Waals surface area contributed by atoms with Crippen LogP contribution in [0, 0.1) is 11.7 Å². The molecule has 1 saturated carbocycles. The van der Waals surface area contributed by atoms with Crippen molar-refractivity contribution >= 4 is 17.7 Å². The van der Waals surface area contributed by atoms with Crippen molar-refractivity contribution in [3.8, 4) is 0 Å². The quantitative estimate of drug-likeness (QED) is 0.801. The number of anilines is 1. The highest BCUT2D eigenvalue weighted by molar-refractivity contribution is 5.87. The zero-order valence-electron chi connectivity index (χ0n) is 11.0. The van der Waals surface area contributed by atoms with Crippen LogP contribution in [-0.2, 0) is 4.79 Å². The summed E-state index contributed by atoms with van der Waals surface area (Å²) in [6.45, 7) is 3.72. The van der Waals surface area contributed by atoms with Crippen molar-refractivity contribution in [2.45, 2.75) is 19.8 Å². The topological polar surface area (TPSA) is 40.5 Å². The van der Waals surface area contributed by atoms with Crippen LogP contribution in [-0.4, -0.2) is 24.2 Å². The van der Waals surface area contributed by atoms with E-state index in [2.05, 4.69) is 4.90 Å². The molecule has 4 heteroatoms. The van der Waals surface area contributed by atoms with Crippen molar-refractivity contribution < 1.29 is 14.3 Å². The van der Waals surface area contributed by atoms with Crippen LogP contribution in [0.15, 0.2) is 24.3 Å². The first-order valence-corrected chi connectivity index (χ1v) is 6.56. The van der Waals surface area contributed by atoms with Gasteiger partial charge in [-0.25, -0.2) is 9.18 Å². The molecular formula is C15H18FNO2. The Bertz CT molecular complexity index is 495. The van der Waals surface area contributed by atoms with E-state index in [4.69, 9.17) is 5.11 Å². The number of nitrogens with zero attached hydrogens (tertiary/aromatic N) is 1. The summed E-state index contributed by atoms with van der Waals surface area (Å²) in [5, 5.41) is 8.68. The van der Waals surface area contributed by atoms with Crippen molar-refractivity contribution in [3.63, 3.8) is 0 Å². The van der Waals surface area contributed by atoms with Crippen molar-refractivity contribution in [1.82, 2.24) is 0 Å². The molecule has 0 aromatic heterocycles. The third-order valence-electron chi connectivity index (χ3n) is 3.32. The van der Waals surface area contributed by atoms with Gasteiger partial charge in [0.25, 0.3) is 0 Å². The predicted molar refractivity (Wildman–Crippen MR) is 73.7 cm³/mol. The van der Waals surface area contributed by atoms with E-state index in [1.54, 1.807) is 6.07 Å². The summed E-state index contributed by atoms with van der Waals surface area (Å²) < 4.78 is 13.9. The van der Waals surface area contributed by atoms with Crippen LogP contribution in [0.1, 0.15) is 25.3 Å². The van der Waals surface area contributed by atoms with Crippen LogP contribution in [0.5, 0.6) is 0 Å². The van der Waals surface area contributed by atoms with E-state index in [1.807, 2.05) is 13.0 Å². The Balaban J connectivity index is 2.31. The molecule has 1 aliphatic rings. The van der Waals surface area contributed by atoms with Gasteiger partial charge in [-0.05, 0) is 43.9 Å². The Hall–Kier alpha value is -1.84. The molecule has 1 fully saturated rings. The highest BCUT2D eigenvalue weighted by Crippen LogP contribution is 2.33. The first-order chi connectivity index (χ1) is 9.11. The summed E-state index contributed by atoms with van der Waals surface area (Å²) in [7, 11) is 0. The normalized spacial score (nSPS) is 14.8. The molecule has 0 radical (unpaired) electrons. The van der Waals surface area contributed by atoms with E-state index in [0.29, 0.717) is 11.5 Å². The summed E-state index contributed by atoms with van der Waals surface area (Å²) in [6.07, 6.45) is 4.77. The highest BCUT2D eigenvalue weighted by atomic mass is 19.1. The molecule has 0 unspecified atom stereocenters. The smallest absolute Gasteiger partial charge is 0.328 e. The summed E-state index contributed by atoms with van der Waals surface area (Å²) in [5.74, 6) is -0.761. The Kier molecular flexibility index (Phi) is 4.20. The Morgan fingerprint density at radius 3 is 2.84 bits per heavy atom. The van der Waals surface area contributed by atoms with Crippen LogP contribution < -0.4 is 4.90 Å². The van der Waals surface area contributed by atoms with Gasteiger partial charge in [0.2, 0.25) is 0 Å². The SMILES string of the molecule is CCN(CC1CC1)c1cccc(F)c1/C=C/C(=O)O. The first kappa shape index (κ1) is 13.6. The van der Waals surface area contributed by atoms with Gasteiger partial charge in [-0.1, -0.05) is 6.07 Å². The number of carboxylic acids is 1. The van der Waals surface area contributed by atoms with Crippen LogP contribution in [0.3, 0.4) is 0 Å². The molecule has 2 rings (SSSR count). The maximum Gasteiger partial charge on any atom is 0.328 e. The van der Waals surface area contributed by atoms with Gasteiger partial charge in [0.05, 0.1) is 0 Å². The number of carboxylic acid groups (broad SMARTS) is 1. The molecule has 0 bridgehead atoms. The lowest BCUT2D eigenvalue weighted by atomic mass is 10.1. The van der Waals surface area contributed by atoms with Gasteiger partial charge < -0.3 is 10.0 Å². The fourth-order valence-electron chi connectivity index (χ4n) is 2.13. The van der Waals surface area contributed by atoms with E-state index in [1.165, 1.54) is 25.0 Å². The first-order valence-electron chi connectivity index (χ1n) is 6.56. The number of halogens is 1. The number of hydrogen-bond donors (Lipinski definition) is 1. The molecule has 0 amide bonds. The van der Waals surface area contributed by atoms with Gasteiger partial charge in [0.1, 0.15) is 5.82 Å². The van der Waals surface area contributed by atoms with Gasteiger partial charge >= 0.3 is 5.97 Å². The number of hydrogen-bond acceptors (Lipinski definition) is 2. The van der Waals surface area contributed by atoms with E-state index in [0.717, 1.165) is 24.9 Å². The van der Waals surface area contributed by atoms with Gasteiger partial charge in [-0.2, -0.15) is 0 Å². The van der Waals surface area contributed by atoms with Gasteiger partial charge in [0, 0.05) is 30.4 Å². The molecule has 1 aliphatic carbocycles. The predicted octanol–water partition coefficient (Wildman–Crippen LogP) is 3.16.